The first kappa shape index (κ1) is 23.0. The maximum absolute atomic E-state index is 12.6. The summed E-state index contributed by atoms with van der Waals surface area (Å²) in [4.78, 5) is 12.5. The second kappa shape index (κ2) is 9.98. The summed E-state index contributed by atoms with van der Waals surface area (Å²) in [6.07, 6.45) is 1.69. The van der Waals surface area contributed by atoms with E-state index >= 15 is 0 Å². The molecule has 1 aliphatic heterocycles. The second-order valence-corrected chi connectivity index (χ2v) is 8.74. The van der Waals surface area contributed by atoms with Crippen LogP contribution in [0, 0.1) is 6.92 Å². The summed E-state index contributed by atoms with van der Waals surface area (Å²) in [5, 5.41) is 5.04. The number of benzene rings is 2. The SMILES string of the molecule is CN(C)NC(=O)C1(c2ccccc2)CCNCC1.Cc1ccc(S(=O)(=O)O)cc1. The molecule has 2 aromatic carbocycles. The molecule has 0 spiro atoms. The molecular weight excluding hydrogens is 390 g/mol. The average molecular weight is 420 g/mol. The Morgan fingerprint density at radius 3 is 2.07 bits per heavy atom. The first-order valence-corrected chi connectivity index (χ1v) is 10.9. The highest BCUT2D eigenvalue weighted by atomic mass is 32.2. The van der Waals surface area contributed by atoms with Crippen LogP contribution in [-0.4, -0.2) is 51.1 Å². The number of amides is 1. The Bertz CT molecular complexity index is 891. The van der Waals surface area contributed by atoms with E-state index in [0.29, 0.717) is 0 Å². The van der Waals surface area contributed by atoms with E-state index in [9.17, 15) is 13.2 Å². The lowest BCUT2D eigenvalue weighted by atomic mass is 9.72. The van der Waals surface area contributed by atoms with Gasteiger partial charge in [0.1, 0.15) is 0 Å². The smallest absolute Gasteiger partial charge is 0.294 e. The largest absolute Gasteiger partial charge is 0.317 e. The van der Waals surface area contributed by atoms with Gasteiger partial charge in [0.2, 0.25) is 5.91 Å². The molecule has 0 bridgehead atoms. The topological polar surface area (TPSA) is 98.7 Å². The van der Waals surface area contributed by atoms with E-state index in [-0.39, 0.29) is 10.8 Å². The summed E-state index contributed by atoms with van der Waals surface area (Å²) in [5.74, 6) is 0.0974. The van der Waals surface area contributed by atoms with Crippen molar-refractivity contribution in [3.63, 3.8) is 0 Å². The zero-order valence-corrected chi connectivity index (χ0v) is 17.9. The first-order chi connectivity index (χ1) is 13.6. The number of aryl methyl sites for hydroxylation is 1. The summed E-state index contributed by atoms with van der Waals surface area (Å²) < 4.78 is 29.6. The predicted octanol–water partition coefficient (Wildman–Crippen LogP) is 2.14. The van der Waals surface area contributed by atoms with E-state index < -0.39 is 15.5 Å². The minimum Gasteiger partial charge on any atom is -0.317 e. The minimum absolute atomic E-state index is 0.0666. The Morgan fingerprint density at radius 1 is 1.03 bits per heavy atom. The maximum atomic E-state index is 12.6. The van der Waals surface area contributed by atoms with E-state index in [0.717, 1.165) is 37.1 Å². The molecule has 1 amide bonds. The van der Waals surface area contributed by atoms with Gasteiger partial charge in [0, 0.05) is 14.1 Å². The standard InChI is InChI=1S/C14H21N3O.C7H8O3S/c1-17(2)16-13(18)14(8-10-15-11-9-14)12-6-4-3-5-7-12;1-6-2-4-7(5-3-6)11(8,9)10/h3-7,15H,8-11H2,1-2H3,(H,16,18);2-5H,1H3,(H,8,9,10). The van der Waals surface area contributed by atoms with Gasteiger partial charge in [-0.3, -0.25) is 14.8 Å². The van der Waals surface area contributed by atoms with Gasteiger partial charge in [-0.1, -0.05) is 48.0 Å². The lowest BCUT2D eigenvalue weighted by molar-refractivity contribution is -0.131. The van der Waals surface area contributed by atoms with Crippen LogP contribution in [-0.2, 0) is 20.3 Å². The number of hydrogen-bond acceptors (Lipinski definition) is 5. The van der Waals surface area contributed by atoms with Crippen molar-refractivity contribution < 1.29 is 17.8 Å². The van der Waals surface area contributed by atoms with Crippen molar-refractivity contribution in [3.8, 4) is 0 Å². The van der Waals surface area contributed by atoms with Crippen LogP contribution in [0.3, 0.4) is 0 Å². The molecule has 0 atom stereocenters. The molecule has 8 heteroatoms. The van der Waals surface area contributed by atoms with Crippen LogP contribution >= 0.6 is 0 Å². The van der Waals surface area contributed by atoms with Crippen molar-refractivity contribution in [2.45, 2.75) is 30.1 Å². The molecule has 3 rings (SSSR count). The second-order valence-electron chi connectivity index (χ2n) is 7.32. The van der Waals surface area contributed by atoms with Crippen LogP contribution in [0.25, 0.3) is 0 Å². The molecular formula is C21H29N3O4S. The lowest BCUT2D eigenvalue weighted by Crippen LogP contribution is -2.53. The first-order valence-electron chi connectivity index (χ1n) is 9.44. The number of piperidine rings is 1. The summed E-state index contributed by atoms with van der Waals surface area (Å²) >= 11 is 0. The van der Waals surface area contributed by atoms with Crippen LogP contribution in [0.4, 0.5) is 0 Å². The fraction of sp³-hybridized carbons (Fsp3) is 0.381. The van der Waals surface area contributed by atoms with Gasteiger partial charge in [0.25, 0.3) is 10.1 Å². The highest BCUT2D eigenvalue weighted by molar-refractivity contribution is 7.85. The summed E-state index contributed by atoms with van der Waals surface area (Å²) in [5.41, 5.74) is 4.60. The molecule has 29 heavy (non-hydrogen) atoms. The lowest BCUT2D eigenvalue weighted by Gasteiger charge is -2.37. The van der Waals surface area contributed by atoms with Crippen molar-refractivity contribution in [3.05, 3.63) is 65.7 Å². The fourth-order valence-electron chi connectivity index (χ4n) is 3.28. The quantitative estimate of drug-likeness (QED) is 0.519. The number of hydrazine groups is 1. The highest BCUT2D eigenvalue weighted by Gasteiger charge is 2.41. The molecule has 158 valence electrons. The molecule has 7 nitrogen and oxygen atoms in total. The monoisotopic (exact) mass is 419 g/mol. The van der Waals surface area contributed by atoms with Gasteiger partial charge in [-0.15, -0.1) is 0 Å². The van der Waals surface area contributed by atoms with E-state index in [1.807, 2.05) is 39.2 Å². The molecule has 1 heterocycles. The summed E-state index contributed by atoms with van der Waals surface area (Å²) in [6.45, 7) is 3.61. The fourth-order valence-corrected chi connectivity index (χ4v) is 3.76. The number of hydrogen-bond donors (Lipinski definition) is 3. The number of carbonyl (C=O) groups excluding carboxylic acids is 1. The van der Waals surface area contributed by atoms with Gasteiger partial charge in [-0.05, 0) is 50.6 Å². The van der Waals surface area contributed by atoms with Crippen molar-refractivity contribution in [2.75, 3.05) is 27.2 Å². The third-order valence-corrected chi connectivity index (χ3v) is 5.73. The van der Waals surface area contributed by atoms with Gasteiger partial charge in [-0.25, -0.2) is 5.01 Å². The Morgan fingerprint density at radius 2 is 1.59 bits per heavy atom. The Hall–Kier alpha value is -2.26. The van der Waals surface area contributed by atoms with Crippen LogP contribution in [0.1, 0.15) is 24.0 Å². The zero-order valence-electron chi connectivity index (χ0n) is 17.1. The normalized spacial score (nSPS) is 15.9. The molecule has 3 N–H and O–H groups in total. The molecule has 0 aromatic heterocycles. The van der Waals surface area contributed by atoms with Gasteiger partial charge in [0.05, 0.1) is 10.3 Å². The van der Waals surface area contributed by atoms with Crippen molar-refractivity contribution in [1.29, 1.82) is 0 Å². The maximum Gasteiger partial charge on any atom is 0.294 e. The predicted molar refractivity (Wildman–Crippen MR) is 113 cm³/mol. The number of carbonyl (C=O) groups is 1. The van der Waals surface area contributed by atoms with Gasteiger partial charge >= 0.3 is 0 Å². The molecule has 0 saturated carbocycles. The molecule has 0 unspecified atom stereocenters. The van der Waals surface area contributed by atoms with Crippen molar-refractivity contribution in [2.24, 2.45) is 0 Å². The van der Waals surface area contributed by atoms with Crippen LogP contribution in [0.5, 0.6) is 0 Å². The van der Waals surface area contributed by atoms with Crippen molar-refractivity contribution in [1.82, 2.24) is 15.8 Å². The molecule has 1 fully saturated rings. The third kappa shape index (κ3) is 6.37. The Balaban J connectivity index is 0.000000234. The van der Waals surface area contributed by atoms with Gasteiger partial charge in [0.15, 0.2) is 0 Å². The highest BCUT2D eigenvalue weighted by Crippen LogP contribution is 2.33. The van der Waals surface area contributed by atoms with Crippen LogP contribution in [0.2, 0.25) is 0 Å². The molecule has 1 aliphatic rings. The average Bonchev–Trinajstić information content (AvgIpc) is 2.69. The minimum atomic E-state index is -4.02. The molecule has 0 radical (unpaired) electrons. The Kier molecular flexibility index (Phi) is 7.92. The third-order valence-electron chi connectivity index (χ3n) is 4.86. The number of rotatable bonds is 4. The molecule has 2 aromatic rings. The van der Waals surface area contributed by atoms with Crippen molar-refractivity contribution >= 4 is 16.0 Å². The number of nitrogens with one attached hydrogen (secondary N) is 2. The van der Waals surface area contributed by atoms with Crippen LogP contribution in [0.15, 0.2) is 59.5 Å². The van der Waals surface area contributed by atoms with E-state index in [1.54, 1.807) is 17.1 Å². The Labute approximate surface area is 172 Å². The van der Waals surface area contributed by atoms with Gasteiger partial charge in [-0.2, -0.15) is 8.42 Å². The van der Waals surface area contributed by atoms with Gasteiger partial charge < -0.3 is 5.32 Å². The van der Waals surface area contributed by atoms with E-state index in [2.05, 4.69) is 22.9 Å². The summed E-state index contributed by atoms with van der Waals surface area (Å²) in [6, 6.07) is 16.1. The van der Waals surface area contributed by atoms with E-state index in [1.165, 1.54) is 12.1 Å². The number of nitrogens with zero attached hydrogens (tertiary/aromatic N) is 1. The summed E-state index contributed by atoms with van der Waals surface area (Å²) in [7, 11) is -0.330. The van der Waals surface area contributed by atoms with E-state index in [4.69, 9.17) is 4.55 Å². The molecule has 0 aliphatic carbocycles. The zero-order chi connectivity index (χ0) is 21.5. The van der Waals surface area contributed by atoms with Crippen LogP contribution < -0.4 is 10.7 Å². The molecule has 1 saturated heterocycles.